The number of hydrogen-bond donors (Lipinski definition) is 1. The van der Waals surface area contributed by atoms with Gasteiger partial charge in [-0.15, -0.1) is 0 Å². The van der Waals surface area contributed by atoms with Crippen molar-refractivity contribution in [2.24, 2.45) is 0 Å². The largest absolute Gasteiger partial charge is 0.433 e. The van der Waals surface area contributed by atoms with Crippen molar-refractivity contribution >= 4 is 15.9 Å². The summed E-state index contributed by atoms with van der Waals surface area (Å²) < 4.78 is 67.4. The first kappa shape index (κ1) is 20.6. The summed E-state index contributed by atoms with van der Waals surface area (Å²) in [6, 6.07) is 1.79. The zero-order valence-electron chi connectivity index (χ0n) is 14.3. The van der Waals surface area contributed by atoms with Crippen LogP contribution in [-0.4, -0.2) is 62.2 Å². The Morgan fingerprint density at radius 1 is 1.35 bits per heavy atom. The molecule has 0 spiro atoms. The van der Waals surface area contributed by atoms with Gasteiger partial charge >= 0.3 is 6.18 Å². The molecule has 1 saturated heterocycles. The average Bonchev–Trinajstić information content (AvgIpc) is 2.58. The third kappa shape index (κ3) is 4.92. The topological polar surface area (TPSA) is 88.6 Å². The van der Waals surface area contributed by atoms with Gasteiger partial charge in [-0.05, 0) is 25.0 Å². The van der Waals surface area contributed by atoms with E-state index in [9.17, 15) is 26.4 Å². The van der Waals surface area contributed by atoms with Crippen LogP contribution < -0.4 is 5.32 Å². The molecule has 2 rings (SSSR count). The highest BCUT2D eigenvalue weighted by molar-refractivity contribution is 7.88. The Morgan fingerprint density at radius 2 is 1.96 bits per heavy atom. The zero-order chi connectivity index (χ0) is 19.6. The van der Waals surface area contributed by atoms with E-state index in [0.29, 0.717) is 12.8 Å². The number of alkyl halides is 3. The molecule has 1 aliphatic heterocycles. The van der Waals surface area contributed by atoms with E-state index in [0.717, 1.165) is 24.6 Å². The average molecular weight is 395 g/mol. The van der Waals surface area contributed by atoms with Crippen LogP contribution in [0.2, 0.25) is 0 Å². The molecule has 1 fully saturated rings. The number of amides is 1. The van der Waals surface area contributed by atoms with Gasteiger partial charge in [0.2, 0.25) is 10.0 Å². The van der Waals surface area contributed by atoms with Crippen molar-refractivity contribution in [2.45, 2.75) is 24.6 Å². The van der Waals surface area contributed by atoms with Crippen molar-refractivity contribution in [3.8, 4) is 0 Å². The Kier molecular flexibility index (Phi) is 5.93. The SMILES string of the molecule is COC1(CNC(=O)c2ccc(C(F)(F)F)nc2)CCN(S(C)(=O)=O)CC1. The number of rotatable bonds is 5. The summed E-state index contributed by atoms with van der Waals surface area (Å²) >= 11 is 0. The van der Waals surface area contributed by atoms with Gasteiger partial charge in [0.1, 0.15) is 5.69 Å². The van der Waals surface area contributed by atoms with E-state index in [1.54, 1.807) is 0 Å². The van der Waals surface area contributed by atoms with Crippen LogP contribution in [0.25, 0.3) is 0 Å². The van der Waals surface area contributed by atoms with Crippen molar-refractivity contribution in [1.29, 1.82) is 0 Å². The molecule has 146 valence electrons. The number of pyridine rings is 1. The van der Waals surface area contributed by atoms with Crippen LogP contribution in [0.15, 0.2) is 18.3 Å². The fourth-order valence-corrected chi connectivity index (χ4v) is 3.56. The minimum atomic E-state index is -4.57. The number of halogens is 3. The summed E-state index contributed by atoms with van der Waals surface area (Å²) in [6.45, 7) is 0.649. The summed E-state index contributed by atoms with van der Waals surface area (Å²) in [4.78, 5) is 15.4. The minimum Gasteiger partial charge on any atom is -0.376 e. The molecule has 1 aliphatic rings. The zero-order valence-corrected chi connectivity index (χ0v) is 15.2. The number of hydrogen-bond acceptors (Lipinski definition) is 5. The van der Waals surface area contributed by atoms with E-state index in [4.69, 9.17) is 4.74 Å². The lowest BCUT2D eigenvalue weighted by Crippen LogP contribution is -2.53. The summed E-state index contributed by atoms with van der Waals surface area (Å²) in [7, 11) is -1.81. The number of nitrogens with zero attached hydrogens (tertiary/aromatic N) is 2. The third-order valence-corrected chi connectivity index (χ3v) is 5.73. The standard InChI is InChI=1S/C15H20F3N3O4S/c1-25-14(5-7-21(8-6-14)26(2,23)24)10-20-13(22)11-3-4-12(19-9-11)15(16,17)18/h3-4,9H,5-8,10H2,1-2H3,(H,20,22). The molecule has 0 saturated carbocycles. The quantitative estimate of drug-likeness (QED) is 0.811. The number of carbonyl (C=O) groups excluding carboxylic acids is 1. The highest BCUT2D eigenvalue weighted by Crippen LogP contribution is 2.28. The van der Waals surface area contributed by atoms with Crippen LogP contribution in [-0.2, 0) is 20.9 Å². The highest BCUT2D eigenvalue weighted by Gasteiger charge is 2.37. The molecule has 0 bridgehead atoms. The van der Waals surface area contributed by atoms with Gasteiger partial charge in [0.05, 0.1) is 17.4 Å². The number of methoxy groups -OCH3 is 1. The molecule has 0 aliphatic carbocycles. The summed E-state index contributed by atoms with van der Waals surface area (Å²) in [6.07, 6.45) is -1.79. The van der Waals surface area contributed by atoms with Crippen molar-refractivity contribution in [2.75, 3.05) is 33.0 Å². The minimum absolute atomic E-state index is 0.00201. The first-order valence-electron chi connectivity index (χ1n) is 7.79. The van der Waals surface area contributed by atoms with E-state index in [-0.39, 0.29) is 25.2 Å². The number of piperidine rings is 1. The molecular formula is C15H20F3N3O4S. The predicted molar refractivity (Wildman–Crippen MR) is 87.0 cm³/mol. The fraction of sp³-hybridized carbons (Fsp3) is 0.600. The first-order chi connectivity index (χ1) is 12.0. The molecule has 1 amide bonds. The van der Waals surface area contributed by atoms with Gasteiger partial charge in [-0.1, -0.05) is 0 Å². The summed E-state index contributed by atoms with van der Waals surface area (Å²) in [5.74, 6) is -0.576. The van der Waals surface area contributed by atoms with Crippen LogP contribution in [0, 0.1) is 0 Å². The van der Waals surface area contributed by atoms with E-state index < -0.39 is 33.4 Å². The lowest BCUT2D eigenvalue weighted by atomic mass is 9.92. The molecule has 2 heterocycles. The summed E-state index contributed by atoms with van der Waals surface area (Å²) in [5, 5.41) is 2.62. The second-order valence-electron chi connectivity index (χ2n) is 6.16. The van der Waals surface area contributed by atoms with E-state index in [1.165, 1.54) is 11.4 Å². The number of aromatic nitrogens is 1. The number of nitrogens with one attached hydrogen (secondary N) is 1. The molecule has 0 atom stereocenters. The van der Waals surface area contributed by atoms with Crippen LogP contribution in [0.1, 0.15) is 28.9 Å². The van der Waals surface area contributed by atoms with Gasteiger partial charge in [-0.25, -0.2) is 12.7 Å². The third-order valence-electron chi connectivity index (χ3n) is 4.42. The Hall–Kier alpha value is -1.72. The van der Waals surface area contributed by atoms with Crippen LogP contribution in [0.3, 0.4) is 0 Å². The van der Waals surface area contributed by atoms with Crippen LogP contribution in [0.5, 0.6) is 0 Å². The van der Waals surface area contributed by atoms with Crippen molar-refractivity contribution in [3.63, 3.8) is 0 Å². The van der Waals surface area contributed by atoms with Gasteiger partial charge in [-0.2, -0.15) is 13.2 Å². The Balaban J connectivity index is 1.97. The fourth-order valence-electron chi connectivity index (χ4n) is 2.72. The molecule has 7 nitrogen and oxygen atoms in total. The molecule has 0 aromatic carbocycles. The maximum atomic E-state index is 12.5. The van der Waals surface area contributed by atoms with Crippen molar-refractivity contribution in [1.82, 2.24) is 14.6 Å². The maximum Gasteiger partial charge on any atom is 0.433 e. The number of sulfonamides is 1. The highest BCUT2D eigenvalue weighted by atomic mass is 32.2. The van der Waals surface area contributed by atoms with Gasteiger partial charge < -0.3 is 10.1 Å². The lowest BCUT2D eigenvalue weighted by Gasteiger charge is -2.39. The van der Waals surface area contributed by atoms with Gasteiger partial charge in [-0.3, -0.25) is 9.78 Å². The molecule has 0 radical (unpaired) electrons. The normalized spacial score (nSPS) is 18.5. The van der Waals surface area contributed by atoms with Crippen LogP contribution >= 0.6 is 0 Å². The molecule has 11 heteroatoms. The lowest BCUT2D eigenvalue weighted by molar-refractivity contribution is -0.141. The maximum absolute atomic E-state index is 12.5. The van der Waals surface area contributed by atoms with Gasteiger partial charge in [0, 0.05) is 32.9 Å². The number of carbonyl (C=O) groups is 1. The molecule has 0 unspecified atom stereocenters. The van der Waals surface area contributed by atoms with E-state index in [1.807, 2.05) is 0 Å². The second kappa shape index (κ2) is 7.49. The van der Waals surface area contributed by atoms with Crippen molar-refractivity contribution in [3.05, 3.63) is 29.6 Å². The Labute approximate surface area is 149 Å². The summed E-state index contributed by atoms with van der Waals surface area (Å²) in [5.41, 5.74) is -1.80. The molecule has 1 aromatic rings. The molecule has 1 N–H and O–H groups in total. The van der Waals surface area contributed by atoms with Gasteiger partial charge in [0.25, 0.3) is 5.91 Å². The Morgan fingerprint density at radius 3 is 2.38 bits per heavy atom. The van der Waals surface area contributed by atoms with Gasteiger partial charge in [0.15, 0.2) is 0 Å². The monoisotopic (exact) mass is 395 g/mol. The van der Waals surface area contributed by atoms with Crippen molar-refractivity contribution < 1.29 is 31.1 Å². The van der Waals surface area contributed by atoms with E-state index in [2.05, 4.69) is 10.3 Å². The first-order valence-corrected chi connectivity index (χ1v) is 9.63. The molecule has 26 heavy (non-hydrogen) atoms. The second-order valence-corrected chi connectivity index (χ2v) is 8.14. The smallest absolute Gasteiger partial charge is 0.376 e. The van der Waals surface area contributed by atoms with Crippen LogP contribution in [0.4, 0.5) is 13.2 Å². The molecule has 1 aromatic heterocycles. The predicted octanol–water partition coefficient (Wildman–Crippen LogP) is 1.27. The Bertz CT molecular complexity index is 742. The van der Waals surface area contributed by atoms with E-state index >= 15 is 0 Å². The molecular weight excluding hydrogens is 375 g/mol. The number of ether oxygens (including phenoxy) is 1.